The zero-order valence-electron chi connectivity index (χ0n) is 22.1. The van der Waals surface area contributed by atoms with Crippen LogP contribution >= 0.6 is 0 Å². The van der Waals surface area contributed by atoms with Crippen LogP contribution in [0.25, 0.3) is 10.8 Å². The Balaban J connectivity index is 1.37. The zero-order chi connectivity index (χ0) is 28.7. The number of ether oxygens (including phenoxy) is 2. The Morgan fingerprint density at radius 2 is 1.32 bits per heavy atom. The first-order chi connectivity index (χ1) is 19.1. The van der Waals surface area contributed by atoms with Gasteiger partial charge in [0.15, 0.2) is 11.6 Å². The van der Waals surface area contributed by atoms with Crippen molar-refractivity contribution in [3.8, 4) is 11.5 Å². The van der Waals surface area contributed by atoms with Crippen molar-refractivity contribution in [2.45, 2.75) is 58.2 Å². The number of benzene rings is 4. The monoisotopic (exact) mass is 560 g/mol. The normalized spacial score (nSPS) is 11.7. The molecule has 4 aromatic carbocycles. The number of aryl methyl sites for hydroxylation is 4. The second kappa shape index (κ2) is 13.1. The molecule has 0 N–H and O–H groups in total. The van der Waals surface area contributed by atoms with Crippen LogP contribution in [-0.4, -0.2) is 13.0 Å². The maximum Gasteiger partial charge on any atom is 0.573 e. The van der Waals surface area contributed by atoms with E-state index in [0.717, 1.165) is 60.9 Å². The molecular formula is C32H30F6O2. The lowest BCUT2D eigenvalue weighted by atomic mass is 9.97. The largest absolute Gasteiger partial charge is 0.573 e. The lowest BCUT2D eigenvalue weighted by molar-refractivity contribution is -0.276. The van der Waals surface area contributed by atoms with Gasteiger partial charge >= 0.3 is 6.36 Å². The van der Waals surface area contributed by atoms with Crippen molar-refractivity contribution < 1.29 is 35.8 Å². The third-order valence-corrected chi connectivity index (χ3v) is 6.70. The Morgan fingerprint density at radius 3 is 2.00 bits per heavy atom. The van der Waals surface area contributed by atoms with Gasteiger partial charge in [0, 0.05) is 5.39 Å². The van der Waals surface area contributed by atoms with Crippen LogP contribution < -0.4 is 9.47 Å². The summed E-state index contributed by atoms with van der Waals surface area (Å²) >= 11 is 0. The van der Waals surface area contributed by atoms with Crippen molar-refractivity contribution in [3.05, 3.63) is 106 Å². The van der Waals surface area contributed by atoms with Crippen LogP contribution in [0.5, 0.6) is 11.5 Å². The summed E-state index contributed by atoms with van der Waals surface area (Å²) < 4.78 is 89.5. The van der Waals surface area contributed by atoms with Crippen molar-refractivity contribution in [2.24, 2.45) is 0 Å². The average Bonchev–Trinajstić information content (AvgIpc) is 2.92. The van der Waals surface area contributed by atoms with Gasteiger partial charge in [-0.05, 0) is 84.0 Å². The molecule has 0 aliphatic carbocycles. The lowest BCUT2D eigenvalue weighted by Gasteiger charge is -2.12. The molecule has 0 radical (unpaired) electrons. The molecule has 0 fully saturated rings. The standard InChI is InChI=1S/C32H30F6O2/c1-2-3-4-17-39-26-14-8-21(9-15-26)5-6-22-10-16-27-25(18-22)13-12-24(30(27)35)11-7-23-19-28(33)31(29(34)20-23)40-32(36,37)38/h8-10,12-16,18-20H,2-7,11,17H2,1H3. The van der Waals surface area contributed by atoms with E-state index in [9.17, 15) is 22.0 Å². The van der Waals surface area contributed by atoms with E-state index in [-0.39, 0.29) is 18.4 Å². The minimum absolute atomic E-state index is 0.0310. The summed E-state index contributed by atoms with van der Waals surface area (Å²) in [4.78, 5) is 0. The second-order valence-electron chi connectivity index (χ2n) is 9.73. The predicted octanol–water partition coefficient (Wildman–Crippen LogP) is 9.30. The minimum atomic E-state index is -5.22. The van der Waals surface area contributed by atoms with Crippen LogP contribution in [0.3, 0.4) is 0 Å². The van der Waals surface area contributed by atoms with Gasteiger partial charge in [-0.25, -0.2) is 13.2 Å². The van der Waals surface area contributed by atoms with E-state index in [2.05, 4.69) is 23.8 Å². The summed E-state index contributed by atoms with van der Waals surface area (Å²) in [5, 5.41) is 1.16. The number of rotatable bonds is 12. The second-order valence-corrected chi connectivity index (χ2v) is 9.73. The Hall–Kier alpha value is -3.68. The molecule has 0 atom stereocenters. The summed E-state index contributed by atoms with van der Waals surface area (Å²) in [6, 6.07) is 18.6. The van der Waals surface area contributed by atoms with Crippen molar-refractivity contribution in [2.75, 3.05) is 6.61 Å². The Kier molecular flexibility index (Phi) is 9.61. The summed E-state index contributed by atoms with van der Waals surface area (Å²) in [7, 11) is 0. The lowest BCUT2D eigenvalue weighted by Crippen LogP contribution is -2.19. The summed E-state index contributed by atoms with van der Waals surface area (Å²) in [5.74, 6) is -4.01. The molecule has 2 nitrogen and oxygen atoms in total. The van der Waals surface area contributed by atoms with Gasteiger partial charge in [-0.1, -0.05) is 62.2 Å². The van der Waals surface area contributed by atoms with Gasteiger partial charge in [-0.2, -0.15) is 0 Å². The first kappa shape index (κ1) is 29.3. The van der Waals surface area contributed by atoms with E-state index in [0.29, 0.717) is 17.6 Å². The Morgan fingerprint density at radius 1 is 0.675 bits per heavy atom. The van der Waals surface area contributed by atoms with Crippen molar-refractivity contribution in [3.63, 3.8) is 0 Å². The van der Waals surface area contributed by atoms with E-state index in [1.807, 2.05) is 24.3 Å². The topological polar surface area (TPSA) is 18.5 Å². The zero-order valence-corrected chi connectivity index (χ0v) is 22.1. The third-order valence-electron chi connectivity index (χ3n) is 6.70. The molecule has 0 aliphatic rings. The number of fused-ring (bicyclic) bond motifs is 1. The van der Waals surface area contributed by atoms with E-state index >= 15 is 4.39 Å². The van der Waals surface area contributed by atoms with E-state index in [1.165, 1.54) is 5.56 Å². The Bertz CT molecular complexity index is 1410. The molecule has 40 heavy (non-hydrogen) atoms. The highest BCUT2D eigenvalue weighted by atomic mass is 19.4. The summed E-state index contributed by atoms with van der Waals surface area (Å²) in [6.45, 7) is 2.87. The van der Waals surface area contributed by atoms with Crippen LogP contribution in [0.15, 0.2) is 66.7 Å². The fraction of sp³-hybridized carbons (Fsp3) is 0.312. The molecule has 4 aromatic rings. The maximum atomic E-state index is 15.2. The number of hydrogen-bond donors (Lipinski definition) is 0. The molecule has 4 rings (SSSR count). The molecule has 212 valence electrons. The maximum absolute atomic E-state index is 15.2. The van der Waals surface area contributed by atoms with E-state index in [4.69, 9.17) is 4.74 Å². The highest BCUT2D eigenvalue weighted by molar-refractivity contribution is 5.84. The predicted molar refractivity (Wildman–Crippen MR) is 143 cm³/mol. The number of alkyl halides is 3. The van der Waals surface area contributed by atoms with Crippen molar-refractivity contribution in [1.29, 1.82) is 0 Å². The van der Waals surface area contributed by atoms with Gasteiger partial charge in [0.1, 0.15) is 11.6 Å². The van der Waals surface area contributed by atoms with Gasteiger partial charge in [-0.15, -0.1) is 13.2 Å². The van der Waals surface area contributed by atoms with E-state index < -0.39 is 29.6 Å². The van der Waals surface area contributed by atoms with Crippen molar-refractivity contribution >= 4 is 10.8 Å². The van der Waals surface area contributed by atoms with Crippen LogP contribution in [0.1, 0.15) is 48.4 Å². The number of hydrogen-bond acceptors (Lipinski definition) is 2. The highest BCUT2D eigenvalue weighted by Gasteiger charge is 2.34. The number of halogens is 6. The quantitative estimate of drug-likeness (QED) is 0.127. The van der Waals surface area contributed by atoms with Gasteiger partial charge < -0.3 is 9.47 Å². The van der Waals surface area contributed by atoms with Crippen LogP contribution in [0.2, 0.25) is 0 Å². The van der Waals surface area contributed by atoms with Gasteiger partial charge in [0.05, 0.1) is 6.61 Å². The Labute approximate surface area is 229 Å². The van der Waals surface area contributed by atoms with Crippen LogP contribution in [0, 0.1) is 17.5 Å². The molecule has 0 saturated heterocycles. The smallest absolute Gasteiger partial charge is 0.494 e. The molecule has 0 heterocycles. The summed E-state index contributed by atoms with van der Waals surface area (Å²) in [5.41, 5.74) is 2.67. The van der Waals surface area contributed by atoms with Crippen molar-refractivity contribution in [1.82, 2.24) is 0 Å². The third kappa shape index (κ3) is 7.93. The molecule has 0 spiro atoms. The minimum Gasteiger partial charge on any atom is -0.494 e. The number of unbranched alkanes of at least 4 members (excludes halogenated alkanes) is 2. The summed E-state index contributed by atoms with van der Waals surface area (Å²) in [6.07, 6.45) is -0.127. The molecule has 0 aliphatic heterocycles. The molecule has 0 amide bonds. The van der Waals surface area contributed by atoms with Gasteiger partial charge in [0.25, 0.3) is 0 Å². The fourth-order valence-corrected chi connectivity index (χ4v) is 4.57. The molecule has 0 saturated carbocycles. The van der Waals surface area contributed by atoms with Gasteiger partial charge in [-0.3, -0.25) is 0 Å². The first-order valence-electron chi connectivity index (χ1n) is 13.3. The highest BCUT2D eigenvalue weighted by Crippen LogP contribution is 2.30. The SMILES string of the molecule is CCCCCOc1ccc(CCc2ccc3c(F)c(CCc4cc(F)c(OC(F)(F)F)c(F)c4)ccc3c2)cc1. The molecule has 0 bridgehead atoms. The average molecular weight is 561 g/mol. The first-order valence-corrected chi connectivity index (χ1v) is 13.3. The molecule has 8 heteroatoms. The fourth-order valence-electron chi connectivity index (χ4n) is 4.57. The van der Waals surface area contributed by atoms with E-state index in [1.54, 1.807) is 18.2 Å². The molecule has 0 unspecified atom stereocenters. The molecule has 0 aromatic heterocycles. The molecular weight excluding hydrogens is 530 g/mol. The van der Waals surface area contributed by atoms with Crippen LogP contribution in [-0.2, 0) is 25.7 Å². The van der Waals surface area contributed by atoms with Gasteiger partial charge in [0.2, 0.25) is 5.75 Å². The van der Waals surface area contributed by atoms with Crippen LogP contribution in [0.4, 0.5) is 26.3 Å².